The van der Waals surface area contributed by atoms with Crippen LogP contribution in [0, 0.1) is 5.92 Å². The predicted molar refractivity (Wildman–Crippen MR) is 57.1 cm³/mol. The predicted octanol–water partition coefficient (Wildman–Crippen LogP) is 0.525. The van der Waals surface area contributed by atoms with Crippen molar-refractivity contribution in [2.24, 2.45) is 5.92 Å². The second-order valence-corrected chi connectivity index (χ2v) is 3.45. The summed E-state index contributed by atoms with van der Waals surface area (Å²) in [5, 5.41) is 16.2. The lowest BCUT2D eigenvalue weighted by Crippen LogP contribution is -2.15. The third-order valence-electron chi connectivity index (χ3n) is 2.01. The summed E-state index contributed by atoms with van der Waals surface area (Å²) in [6.45, 7) is 5.62. The lowest BCUT2D eigenvalue weighted by Gasteiger charge is -2.12. The number of aliphatic hydroxyl groups is 1. The van der Waals surface area contributed by atoms with Crippen LogP contribution in [0.15, 0.2) is 6.20 Å². The number of nitrogens with zero attached hydrogens (tertiary/aromatic N) is 2. The molecule has 0 aliphatic heterocycles. The van der Waals surface area contributed by atoms with E-state index in [0.29, 0.717) is 12.2 Å². The second-order valence-electron chi connectivity index (χ2n) is 3.45. The molecule has 0 spiro atoms. The first-order valence-electron chi connectivity index (χ1n) is 4.85. The Balaban J connectivity index is 2.75. The molecule has 0 saturated carbocycles. The Kier molecular flexibility index (Phi) is 3.76. The molecule has 80 valence electrons. The Labute approximate surface area is 83.9 Å². The molecule has 4 N–H and O–H groups in total. The molecule has 0 bridgehead atoms. The Morgan fingerprint density at radius 1 is 1.71 bits per heavy atom. The zero-order valence-corrected chi connectivity index (χ0v) is 8.70. The van der Waals surface area contributed by atoms with E-state index in [1.54, 1.807) is 10.9 Å². The average Bonchev–Trinajstić information content (AvgIpc) is 2.50. The van der Waals surface area contributed by atoms with E-state index in [2.05, 4.69) is 10.4 Å². The number of nitrogens with two attached hydrogens (primary N) is 1. The third kappa shape index (κ3) is 2.38. The maximum Gasteiger partial charge on any atom is 0.147 e. The minimum Gasteiger partial charge on any atom is -0.396 e. The van der Waals surface area contributed by atoms with Gasteiger partial charge >= 0.3 is 0 Å². The molecule has 14 heavy (non-hydrogen) atoms. The molecule has 1 aromatic rings. The van der Waals surface area contributed by atoms with Crippen LogP contribution in [-0.4, -0.2) is 28.0 Å². The van der Waals surface area contributed by atoms with E-state index in [0.717, 1.165) is 12.4 Å². The van der Waals surface area contributed by atoms with Crippen molar-refractivity contribution in [1.82, 2.24) is 9.78 Å². The van der Waals surface area contributed by atoms with Gasteiger partial charge in [0.05, 0.1) is 11.9 Å². The fourth-order valence-electron chi connectivity index (χ4n) is 1.25. The van der Waals surface area contributed by atoms with E-state index < -0.39 is 0 Å². The van der Waals surface area contributed by atoms with Crippen LogP contribution in [0.25, 0.3) is 0 Å². The number of nitrogen functional groups attached to an aromatic ring is 1. The van der Waals surface area contributed by atoms with Crippen molar-refractivity contribution < 1.29 is 5.11 Å². The van der Waals surface area contributed by atoms with Gasteiger partial charge in [-0.2, -0.15) is 5.10 Å². The molecule has 0 aliphatic rings. The van der Waals surface area contributed by atoms with Crippen LogP contribution < -0.4 is 11.1 Å². The maximum atomic E-state index is 8.93. The smallest absolute Gasteiger partial charge is 0.147 e. The van der Waals surface area contributed by atoms with Crippen LogP contribution in [-0.2, 0) is 6.54 Å². The summed E-state index contributed by atoms with van der Waals surface area (Å²) in [6.07, 6.45) is 1.63. The van der Waals surface area contributed by atoms with Crippen molar-refractivity contribution in [3.05, 3.63) is 6.20 Å². The van der Waals surface area contributed by atoms with Gasteiger partial charge in [0.1, 0.15) is 5.82 Å². The van der Waals surface area contributed by atoms with Crippen molar-refractivity contribution in [2.45, 2.75) is 20.4 Å². The number of hydrogen-bond acceptors (Lipinski definition) is 4. The summed E-state index contributed by atoms with van der Waals surface area (Å²) in [5.41, 5.74) is 6.39. The summed E-state index contributed by atoms with van der Waals surface area (Å²) in [6, 6.07) is 0. The van der Waals surface area contributed by atoms with E-state index in [1.165, 1.54) is 0 Å². The molecule has 1 unspecified atom stereocenters. The first-order chi connectivity index (χ1) is 6.69. The molecule has 1 aromatic heterocycles. The monoisotopic (exact) mass is 198 g/mol. The van der Waals surface area contributed by atoms with Gasteiger partial charge in [0.2, 0.25) is 0 Å². The minimum absolute atomic E-state index is 0.158. The highest BCUT2D eigenvalue weighted by Crippen LogP contribution is 2.18. The minimum atomic E-state index is 0.158. The number of anilines is 2. The molecule has 0 fully saturated rings. The summed E-state index contributed by atoms with van der Waals surface area (Å²) in [4.78, 5) is 0. The van der Waals surface area contributed by atoms with E-state index in [4.69, 9.17) is 10.8 Å². The van der Waals surface area contributed by atoms with Gasteiger partial charge in [-0.25, -0.2) is 4.68 Å². The number of aromatic nitrogens is 2. The van der Waals surface area contributed by atoms with Gasteiger partial charge in [0.25, 0.3) is 0 Å². The van der Waals surface area contributed by atoms with Gasteiger partial charge in [-0.1, -0.05) is 6.92 Å². The summed E-state index contributed by atoms with van der Waals surface area (Å²) in [5.74, 6) is 1.03. The van der Waals surface area contributed by atoms with Gasteiger partial charge < -0.3 is 16.2 Å². The van der Waals surface area contributed by atoms with Crippen LogP contribution in [0.2, 0.25) is 0 Å². The number of aliphatic hydroxyl groups excluding tert-OH is 1. The highest BCUT2D eigenvalue weighted by molar-refractivity contribution is 5.60. The number of nitrogens with one attached hydrogen (secondary N) is 1. The SMILES string of the molecule is CCNc1c(N)cnn1CC(C)CO. The molecule has 1 rings (SSSR count). The van der Waals surface area contributed by atoms with Gasteiger partial charge in [-0.3, -0.25) is 0 Å². The molecule has 0 aromatic carbocycles. The van der Waals surface area contributed by atoms with Crippen LogP contribution in [0.5, 0.6) is 0 Å². The Morgan fingerprint density at radius 2 is 2.43 bits per heavy atom. The lowest BCUT2D eigenvalue weighted by atomic mass is 10.2. The Morgan fingerprint density at radius 3 is 3.00 bits per heavy atom. The average molecular weight is 198 g/mol. The summed E-state index contributed by atoms with van der Waals surface area (Å²) < 4.78 is 1.79. The van der Waals surface area contributed by atoms with Crippen molar-refractivity contribution >= 4 is 11.5 Å². The zero-order chi connectivity index (χ0) is 10.6. The first-order valence-corrected chi connectivity index (χ1v) is 4.85. The van der Waals surface area contributed by atoms with E-state index in [1.807, 2.05) is 13.8 Å². The second kappa shape index (κ2) is 4.85. The number of rotatable bonds is 5. The molecule has 0 amide bonds. The van der Waals surface area contributed by atoms with E-state index in [9.17, 15) is 0 Å². The quantitative estimate of drug-likeness (QED) is 0.645. The molecule has 5 nitrogen and oxygen atoms in total. The fourth-order valence-corrected chi connectivity index (χ4v) is 1.25. The maximum absolute atomic E-state index is 8.93. The zero-order valence-electron chi connectivity index (χ0n) is 8.70. The van der Waals surface area contributed by atoms with Crippen LogP contribution in [0.4, 0.5) is 11.5 Å². The summed E-state index contributed by atoms with van der Waals surface area (Å²) in [7, 11) is 0. The van der Waals surface area contributed by atoms with Crippen molar-refractivity contribution in [2.75, 3.05) is 24.2 Å². The Hall–Kier alpha value is -1.23. The molecule has 1 atom stereocenters. The highest BCUT2D eigenvalue weighted by Gasteiger charge is 2.09. The van der Waals surface area contributed by atoms with Gasteiger partial charge in [0, 0.05) is 19.7 Å². The molecule has 0 radical (unpaired) electrons. The van der Waals surface area contributed by atoms with Crippen molar-refractivity contribution in [3.8, 4) is 0 Å². The van der Waals surface area contributed by atoms with Crippen molar-refractivity contribution in [1.29, 1.82) is 0 Å². The molecular weight excluding hydrogens is 180 g/mol. The number of hydrogen-bond donors (Lipinski definition) is 3. The van der Waals surface area contributed by atoms with Crippen LogP contribution in [0.1, 0.15) is 13.8 Å². The molecular formula is C9H18N4O. The molecule has 1 heterocycles. The topological polar surface area (TPSA) is 76.1 Å². The first kappa shape index (κ1) is 10.8. The van der Waals surface area contributed by atoms with Gasteiger partial charge in [0.15, 0.2) is 0 Å². The van der Waals surface area contributed by atoms with Gasteiger partial charge in [-0.15, -0.1) is 0 Å². The fraction of sp³-hybridized carbons (Fsp3) is 0.667. The van der Waals surface area contributed by atoms with E-state index in [-0.39, 0.29) is 12.5 Å². The third-order valence-corrected chi connectivity index (χ3v) is 2.01. The van der Waals surface area contributed by atoms with Crippen LogP contribution in [0.3, 0.4) is 0 Å². The Bertz CT molecular complexity index is 284. The van der Waals surface area contributed by atoms with E-state index >= 15 is 0 Å². The highest BCUT2D eigenvalue weighted by atomic mass is 16.3. The molecule has 0 aliphatic carbocycles. The summed E-state index contributed by atoms with van der Waals surface area (Å²) >= 11 is 0. The molecule has 5 heteroatoms. The standard InChI is InChI=1S/C9H18N4O/c1-3-11-9-8(10)4-12-13(9)5-7(2)6-14/h4,7,11,14H,3,5-6,10H2,1-2H3. The molecule has 0 saturated heterocycles. The van der Waals surface area contributed by atoms with Gasteiger partial charge in [-0.05, 0) is 12.8 Å². The lowest BCUT2D eigenvalue weighted by molar-refractivity contribution is 0.219. The largest absolute Gasteiger partial charge is 0.396 e. The van der Waals surface area contributed by atoms with Crippen LogP contribution >= 0.6 is 0 Å². The normalized spacial score (nSPS) is 12.8. The van der Waals surface area contributed by atoms with Crippen molar-refractivity contribution in [3.63, 3.8) is 0 Å².